The number of hydrogen-bond donors (Lipinski definition) is 1. The van der Waals surface area contributed by atoms with Crippen LogP contribution in [0.1, 0.15) is 39.5 Å². The number of aliphatic hydroxyl groups is 1. The number of aliphatic hydroxyl groups excluding tert-OH is 1. The Hall–Kier alpha value is -0.0400. The first-order chi connectivity index (χ1) is 4.81. The van der Waals surface area contributed by atoms with Gasteiger partial charge in [0.2, 0.25) is 0 Å². The number of rotatable bonds is 6. The van der Waals surface area contributed by atoms with E-state index in [0.29, 0.717) is 12.5 Å². The second-order valence-electron chi connectivity index (χ2n) is 2.95. The maximum Gasteiger partial charge on any atom is 0.0456 e. The van der Waals surface area contributed by atoms with Gasteiger partial charge in [-0.25, -0.2) is 0 Å². The van der Waals surface area contributed by atoms with Crippen molar-refractivity contribution in [3.8, 4) is 0 Å². The van der Waals surface area contributed by atoms with Crippen LogP contribution in [0.4, 0.5) is 0 Å². The highest BCUT2D eigenvalue weighted by Crippen LogP contribution is 2.07. The monoisotopic (exact) mass is 143 g/mol. The fourth-order valence-electron chi connectivity index (χ4n) is 0.825. The van der Waals surface area contributed by atoms with Crippen LogP contribution in [0.5, 0.6) is 0 Å². The average Bonchev–Trinajstić information content (AvgIpc) is 1.98. The lowest BCUT2D eigenvalue weighted by atomic mass is 10.0. The average molecular weight is 143 g/mol. The van der Waals surface area contributed by atoms with E-state index >= 15 is 0 Å². The van der Waals surface area contributed by atoms with E-state index in [0.717, 1.165) is 6.42 Å². The molecule has 0 saturated heterocycles. The summed E-state index contributed by atoms with van der Waals surface area (Å²) in [4.78, 5) is 0. The van der Waals surface area contributed by atoms with Gasteiger partial charge in [-0.15, -0.1) is 0 Å². The van der Waals surface area contributed by atoms with Crippen molar-refractivity contribution in [2.75, 3.05) is 6.61 Å². The van der Waals surface area contributed by atoms with Gasteiger partial charge in [0.1, 0.15) is 0 Å². The third kappa shape index (κ3) is 6.09. The molecule has 0 aromatic rings. The van der Waals surface area contributed by atoms with Crippen LogP contribution in [0, 0.1) is 12.3 Å². The minimum Gasteiger partial charge on any atom is -0.396 e. The van der Waals surface area contributed by atoms with Crippen LogP contribution in [-0.2, 0) is 0 Å². The molecule has 1 radical (unpaired) electrons. The van der Waals surface area contributed by atoms with Crippen molar-refractivity contribution >= 4 is 0 Å². The highest BCUT2D eigenvalue weighted by molar-refractivity contribution is 4.67. The van der Waals surface area contributed by atoms with Gasteiger partial charge in [-0.05, 0) is 18.8 Å². The summed E-state index contributed by atoms with van der Waals surface area (Å²) in [5.74, 6) is 0.455. The molecule has 0 aromatic heterocycles. The zero-order valence-electron chi connectivity index (χ0n) is 7.14. The summed E-state index contributed by atoms with van der Waals surface area (Å²) >= 11 is 0. The van der Waals surface area contributed by atoms with Crippen molar-refractivity contribution in [1.29, 1.82) is 0 Å². The predicted octanol–water partition coefficient (Wildman–Crippen LogP) is 2.40. The molecule has 1 heteroatoms. The third-order valence-corrected chi connectivity index (χ3v) is 1.64. The summed E-state index contributed by atoms with van der Waals surface area (Å²) in [7, 11) is 0. The van der Waals surface area contributed by atoms with E-state index in [9.17, 15) is 0 Å². The van der Waals surface area contributed by atoms with Gasteiger partial charge in [-0.1, -0.05) is 33.1 Å². The molecule has 0 rings (SSSR count). The van der Waals surface area contributed by atoms with Gasteiger partial charge in [0.15, 0.2) is 0 Å². The third-order valence-electron chi connectivity index (χ3n) is 1.64. The summed E-state index contributed by atoms with van der Waals surface area (Å²) in [6.07, 6.45) is 7.11. The Labute approximate surface area is 64.5 Å². The Morgan fingerprint density at radius 1 is 1.50 bits per heavy atom. The fourth-order valence-corrected chi connectivity index (χ4v) is 0.825. The van der Waals surface area contributed by atoms with Crippen LogP contribution in [0.15, 0.2) is 0 Å². The summed E-state index contributed by atoms with van der Waals surface area (Å²) < 4.78 is 0. The van der Waals surface area contributed by atoms with Gasteiger partial charge in [0, 0.05) is 6.61 Å². The summed E-state index contributed by atoms with van der Waals surface area (Å²) in [5.41, 5.74) is 0. The van der Waals surface area contributed by atoms with Gasteiger partial charge >= 0.3 is 0 Å². The lowest BCUT2D eigenvalue weighted by Crippen LogP contribution is -1.99. The molecular formula is C9H19O. The van der Waals surface area contributed by atoms with Crippen molar-refractivity contribution in [2.24, 2.45) is 5.92 Å². The minimum atomic E-state index is 0.322. The Morgan fingerprint density at radius 3 is 2.70 bits per heavy atom. The molecule has 0 bridgehead atoms. The maximum atomic E-state index is 8.67. The second-order valence-corrected chi connectivity index (χ2v) is 2.95. The van der Waals surface area contributed by atoms with E-state index in [4.69, 9.17) is 5.11 Å². The number of unbranched alkanes of at least 4 members (excludes halogenated alkanes) is 3. The van der Waals surface area contributed by atoms with Crippen LogP contribution < -0.4 is 0 Å². The van der Waals surface area contributed by atoms with Crippen molar-refractivity contribution in [3.63, 3.8) is 0 Å². The second kappa shape index (κ2) is 7.07. The van der Waals surface area contributed by atoms with Crippen molar-refractivity contribution < 1.29 is 5.11 Å². The molecule has 0 heterocycles. The topological polar surface area (TPSA) is 20.2 Å². The molecule has 1 atom stereocenters. The Bertz CT molecular complexity index is 61.7. The predicted molar refractivity (Wildman–Crippen MR) is 44.7 cm³/mol. The first-order valence-corrected chi connectivity index (χ1v) is 4.23. The Balaban J connectivity index is 2.89. The van der Waals surface area contributed by atoms with Crippen molar-refractivity contribution in [3.05, 3.63) is 6.42 Å². The van der Waals surface area contributed by atoms with E-state index in [1.54, 1.807) is 0 Å². The maximum absolute atomic E-state index is 8.67. The van der Waals surface area contributed by atoms with Crippen LogP contribution in [-0.4, -0.2) is 11.7 Å². The first kappa shape index (κ1) is 9.96. The van der Waals surface area contributed by atoms with Gasteiger partial charge < -0.3 is 5.11 Å². The molecule has 10 heavy (non-hydrogen) atoms. The lowest BCUT2D eigenvalue weighted by molar-refractivity contribution is 0.235. The smallest absolute Gasteiger partial charge is 0.0456 e. The molecule has 0 fully saturated rings. The Morgan fingerprint density at radius 2 is 2.20 bits per heavy atom. The molecule has 1 nitrogen and oxygen atoms in total. The minimum absolute atomic E-state index is 0.322. The summed E-state index contributed by atoms with van der Waals surface area (Å²) in [6, 6.07) is 0. The molecule has 0 amide bonds. The molecule has 0 saturated carbocycles. The van der Waals surface area contributed by atoms with Crippen LogP contribution in [0.25, 0.3) is 0 Å². The van der Waals surface area contributed by atoms with Crippen LogP contribution >= 0.6 is 0 Å². The highest BCUT2D eigenvalue weighted by Gasteiger charge is 1.97. The standard InChI is InChI=1S/C9H19O/c1-3-4-5-6-7-9(2)8-10/h6,9-10H,3-5,7-8H2,1-2H3. The molecule has 0 spiro atoms. The largest absolute Gasteiger partial charge is 0.396 e. The molecule has 0 aliphatic heterocycles. The van der Waals surface area contributed by atoms with E-state index < -0.39 is 0 Å². The van der Waals surface area contributed by atoms with E-state index in [-0.39, 0.29) is 0 Å². The SMILES string of the molecule is CCCC[CH]CC(C)CO. The first-order valence-electron chi connectivity index (χ1n) is 4.23. The Kier molecular flexibility index (Phi) is 7.04. The highest BCUT2D eigenvalue weighted by atomic mass is 16.3. The summed E-state index contributed by atoms with van der Waals surface area (Å²) in [6.45, 7) is 4.59. The van der Waals surface area contributed by atoms with E-state index in [1.165, 1.54) is 19.3 Å². The van der Waals surface area contributed by atoms with Crippen LogP contribution in [0.2, 0.25) is 0 Å². The van der Waals surface area contributed by atoms with E-state index in [2.05, 4.69) is 20.3 Å². The molecule has 0 aliphatic carbocycles. The van der Waals surface area contributed by atoms with Crippen molar-refractivity contribution in [2.45, 2.75) is 39.5 Å². The number of hydrogen-bond acceptors (Lipinski definition) is 1. The van der Waals surface area contributed by atoms with Gasteiger partial charge in [0.25, 0.3) is 0 Å². The molecule has 1 N–H and O–H groups in total. The lowest BCUT2D eigenvalue weighted by Gasteiger charge is -2.05. The van der Waals surface area contributed by atoms with Gasteiger partial charge in [-0.3, -0.25) is 0 Å². The van der Waals surface area contributed by atoms with Crippen molar-refractivity contribution in [1.82, 2.24) is 0 Å². The normalized spacial score (nSPS) is 13.5. The quantitative estimate of drug-likeness (QED) is 0.566. The molecule has 0 aromatic carbocycles. The van der Waals surface area contributed by atoms with Crippen LogP contribution in [0.3, 0.4) is 0 Å². The summed E-state index contributed by atoms with van der Waals surface area (Å²) in [5, 5.41) is 8.67. The van der Waals surface area contributed by atoms with Gasteiger partial charge in [0.05, 0.1) is 0 Å². The molecule has 1 unspecified atom stereocenters. The molecule has 0 aliphatic rings. The molecular weight excluding hydrogens is 124 g/mol. The van der Waals surface area contributed by atoms with E-state index in [1.807, 2.05) is 0 Å². The fraction of sp³-hybridized carbons (Fsp3) is 0.889. The zero-order chi connectivity index (χ0) is 7.82. The van der Waals surface area contributed by atoms with Gasteiger partial charge in [-0.2, -0.15) is 0 Å². The molecule has 61 valence electrons. The zero-order valence-corrected chi connectivity index (χ0v) is 7.14.